The van der Waals surface area contributed by atoms with Crippen LogP contribution in [0, 0.1) is 52.8 Å². The molecule has 0 aromatic carbocycles. The van der Waals surface area contributed by atoms with Crippen LogP contribution >= 0.6 is 0 Å². The molecule has 3 rings (SSSR count). The number of allylic oxidation sites excluding steroid dienone is 2. The molecule has 0 saturated heterocycles. The molecule has 0 amide bonds. The second-order valence-corrected chi connectivity index (χ2v) is 12.0. The highest BCUT2D eigenvalue weighted by molar-refractivity contribution is 6.22. The summed E-state index contributed by atoms with van der Waals surface area (Å²) in [5, 5.41) is 0. The number of carbonyl (C=O) groups is 2. The zero-order valence-electron chi connectivity index (χ0n) is 20.7. The zero-order valence-corrected chi connectivity index (χ0v) is 20.7. The molecule has 0 aromatic rings. The van der Waals surface area contributed by atoms with Crippen LogP contribution in [-0.2, 0) is 9.59 Å². The Morgan fingerprint density at radius 2 is 1.17 bits per heavy atom. The number of Topliss-reactive ketones (excluding diaryl/α,β-unsaturated/α-hetero) is 2. The number of carbonyl (C=O) groups excluding carboxylic acids is 2. The van der Waals surface area contributed by atoms with Crippen molar-refractivity contribution in [2.45, 2.75) is 99.8 Å². The topological polar surface area (TPSA) is 34.1 Å². The second kappa shape index (κ2) is 9.29. The molecule has 0 aromatic heterocycles. The van der Waals surface area contributed by atoms with E-state index in [1.165, 1.54) is 38.5 Å². The van der Waals surface area contributed by atoms with Crippen molar-refractivity contribution in [1.82, 2.24) is 0 Å². The third-order valence-electron chi connectivity index (χ3n) is 9.39. The highest BCUT2D eigenvalue weighted by Gasteiger charge is 2.57. The third-order valence-corrected chi connectivity index (χ3v) is 9.39. The summed E-state index contributed by atoms with van der Waals surface area (Å²) in [6.07, 6.45) is 10.5. The van der Waals surface area contributed by atoms with Gasteiger partial charge in [-0.05, 0) is 85.4 Å². The summed E-state index contributed by atoms with van der Waals surface area (Å²) in [4.78, 5) is 26.7. The van der Waals surface area contributed by atoms with Gasteiger partial charge in [-0.2, -0.15) is 0 Å². The standard InChI is InChI=1S/C28H46O2/c1-8-21-26(29)15-28(16-27(21)30,24-13-19(6)9-11-22(24)17(2)3)25-14-20(7)10-12-23(25)18(4)5/h8,17-20,22-25H,9-16H2,1-7H3. The molecule has 0 aliphatic heterocycles. The Balaban J connectivity index is 2.13. The lowest BCUT2D eigenvalue weighted by Gasteiger charge is -2.58. The van der Waals surface area contributed by atoms with Crippen molar-refractivity contribution in [2.24, 2.45) is 52.8 Å². The molecule has 2 nitrogen and oxygen atoms in total. The summed E-state index contributed by atoms with van der Waals surface area (Å²) in [5.74, 6) is 5.19. The van der Waals surface area contributed by atoms with Gasteiger partial charge in [-0.3, -0.25) is 9.59 Å². The SMILES string of the molecule is CC=C1C(=O)CC(C2CC(C)CCC2C(C)C)(C2CC(C)CCC2C(C)C)CC1=O. The zero-order chi connectivity index (χ0) is 22.2. The van der Waals surface area contributed by atoms with Crippen LogP contribution in [0.1, 0.15) is 99.8 Å². The molecular weight excluding hydrogens is 368 g/mol. The van der Waals surface area contributed by atoms with E-state index < -0.39 is 0 Å². The van der Waals surface area contributed by atoms with E-state index in [9.17, 15) is 9.59 Å². The Morgan fingerprint density at radius 1 is 0.767 bits per heavy atom. The first-order valence-corrected chi connectivity index (χ1v) is 12.8. The number of hydrogen-bond acceptors (Lipinski definition) is 2. The van der Waals surface area contributed by atoms with Crippen molar-refractivity contribution < 1.29 is 9.59 Å². The Hall–Kier alpha value is -0.920. The Bertz CT molecular complexity index is 616. The lowest BCUT2D eigenvalue weighted by Crippen LogP contribution is -2.54. The van der Waals surface area contributed by atoms with Gasteiger partial charge < -0.3 is 0 Å². The molecular formula is C28H46O2. The third kappa shape index (κ3) is 4.35. The van der Waals surface area contributed by atoms with Crippen LogP contribution in [0.2, 0.25) is 0 Å². The van der Waals surface area contributed by atoms with Gasteiger partial charge in [-0.25, -0.2) is 0 Å². The first-order valence-electron chi connectivity index (χ1n) is 12.8. The minimum atomic E-state index is -0.131. The van der Waals surface area contributed by atoms with Crippen molar-refractivity contribution >= 4 is 11.6 Å². The highest BCUT2D eigenvalue weighted by atomic mass is 16.1. The second-order valence-electron chi connectivity index (χ2n) is 12.0. The van der Waals surface area contributed by atoms with E-state index in [4.69, 9.17) is 0 Å². The Kier molecular flexibility index (Phi) is 7.35. The quantitative estimate of drug-likeness (QED) is 0.358. The molecule has 6 unspecified atom stereocenters. The normalized spacial score (nSPS) is 40.9. The largest absolute Gasteiger partial charge is 0.294 e. The van der Waals surface area contributed by atoms with Gasteiger partial charge in [0, 0.05) is 12.8 Å². The van der Waals surface area contributed by atoms with E-state index >= 15 is 0 Å². The summed E-state index contributed by atoms with van der Waals surface area (Å²) < 4.78 is 0. The van der Waals surface area contributed by atoms with Gasteiger partial charge in [-0.1, -0.05) is 60.5 Å². The van der Waals surface area contributed by atoms with Crippen LogP contribution in [0.3, 0.4) is 0 Å². The van der Waals surface area contributed by atoms with Gasteiger partial charge >= 0.3 is 0 Å². The van der Waals surface area contributed by atoms with Crippen LogP contribution < -0.4 is 0 Å². The monoisotopic (exact) mass is 414 g/mol. The molecule has 30 heavy (non-hydrogen) atoms. The summed E-state index contributed by atoms with van der Waals surface area (Å²) in [7, 11) is 0. The first kappa shape index (κ1) is 23.7. The van der Waals surface area contributed by atoms with Crippen LogP contribution in [-0.4, -0.2) is 11.6 Å². The van der Waals surface area contributed by atoms with Gasteiger partial charge in [-0.15, -0.1) is 0 Å². The lowest BCUT2D eigenvalue weighted by molar-refractivity contribution is -0.143. The molecule has 3 saturated carbocycles. The molecule has 3 aliphatic rings. The summed E-state index contributed by atoms with van der Waals surface area (Å²) in [5.41, 5.74) is 0.356. The fourth-order valence-corrected chi connectivity index (χ4v) is 7.85. The van der Waals surface area contributed by atoms with Crippen LogP contribution in [0.4, 0.5) is 0 Å². The maximum Gasteiger partial charge on any atom is 0.166 e. The van der Waals surface area contributed by atoms with E-state index in [0.717, 1.165) is 0 Å². The molecule has 0 N–H and O–H groups in total. The molecule has 0 heterocycles. The fourth-order valence-electron chi connectivity index (χ4n) is 7.85. The van der Waals surface area contributed by atoms with Crippen molar-refractivity contribution in [3.05, 3.63) is 11.6 Å². The maximum absolute atomic E-state index is 13.4. The van der Waals surface area contributed by atoms with Crippen molar-refractivity contribution in [1.29, 1.82) is 0 Å². The van der Waals surface area contributed by atoms with Crippen LogP contribution in [0.5, 0.6) is 0 Å². The lowest BCUT2D eigenvalue weighted by atomic mass is 9.46. The average molecular weight is 415 g/mol. The summed E-state index contributed by atoms with van der Waals surface area (Å²) in [6, 6.07) is 0. The Morgan fingerprint density at radius 3 is 1.50 bits per heavy atom. The molecule has 0 radical (unpaired) electrons. The van der Waals surface area contributed by atoms with E-state index in [1.54, 1.807) is 6.08 Å². The van der Waals surface area contributed by atoms with Crippen molar-refractivity contribution in [3.8, 4) is 0 Å². The van der Waals surface area contributed by atoms with Crippen molar-refractivity contribution in [3.63, 3.8) is 0 Å². The van der Waals surface area contributed by atoms with Gasteiger partial charge in [0.2, 0.25) is 0 Å². The molecule has 170 valence electrons. The van der Waals surface area contributed by atoms with E-state index in [2.05, 4.69) is 41.5 Å². The maximum atomic E-state index is 13.4. The van der Waals surface area contributed by atoms with Gasteiger partial charge in [0.1, 0.15) is 0 Å². The summed E-state index contributed by atoms with van der Waals surface area (Å²) >= 11 is 0. The van der Waals surface area contributed by atoms with Crippen LogP contribution in [0.25, 0.3) is 0 Å². The van der Waals surface area contributed by atoms with E-state index in [1.807, 2.05) is 6.92 Å². The molecule has 3 aliphatic carbocycles. The van der Waals surface area contributed by atoms with Crippen molar-refractivity contribution in [2.75, 3.05) is 0 Å². The van der Waals surface area contributed by atoms with Gasteiger partial charge in [0.15, 0.2) is 11.6 Å². The van der Waals surface area contributed by atoms with Gasteiger partial charge in [0.25, 0.3) is 0 Å². The fraction of sp³-hybridized carbons (Fsp3) is 0.857. The van der Waals surface area contributed by atoms with E-state index in [0.29, 0.717) is 65.8 Å². The number of ketones is 2. The Labute approximate surface area is 185 Å². The average Bonchev–Trinajstić information content (AvgIpc) is 2.67. The molecule has 2 heteroatoms. The minimum absolute atomic E-state index is 0.131. The van der Waals surface area contributed by atoms with Crippen LogP contribution in [0.15, 0.2) is 11.6 Å². The molecule has 0 spiro atoms. The molecule has 0 bridgehead atoms. The first-order chi connectivity index (χ1) is 14.1. The minimum Gasteiger partial charge on any atom is -0.294 e. The smallest absolute Gasteiger partial charge is 0.166 e. The predicted molar refractivity (Wildman–Crippen MR) is 125 cm³/mol. The molecule has 6 atom stereocenters. The molecule has 3 fully saturated rings. The number of rotatable bonds is 4. The van der Waals surface area contributed by atoms with Gasteiger partial charge in [0.05, 0.1) is 5.57 Å². The number of hydrogen-bond donors (Lipinski definition) is 0. The summed E-state index contributed by atoms with van der Waals surface area (Å²) in [6.45, 7) is 16.1. The van der Waals surface area contributed by atoms with E-state index in [-0.39, 0.29) is 17.0 Å². The highest BCUT2D eigenvalue weighted by Crippen LogP contribution is 2.61. The predicted octanol–water partition coefficient (Wildman–Crippen LogP) is 7.27.